The van der Waals surface area contributed by atoms with Gasteiger partial charge in [0.15, 0.2) is 0 Å². The minimum atomic E-state index is -0.619. The molecule has 2 N–H and O–H groups in total. The lowest BCUT2D eigenvalue weighted by Crippen LogP contribution is -2.40. The highest BCUT2D eigenvalue weighted by Gasteiger charge is 2.29. The van der Waals surface area contributed by atoms with Crippen LogP contribution in [0.5, 0.6) is 0 Å². The predicted octanol–water partition coefficient (Wildman–Crippen LogP) is 2.59. The lowest BCUT2D eigenvalue weighted by molar-refractivity contribution is 0.0699. The molecule has 1 fully saturated rings. The van der Waals surface area contributed by atoms with Crippen LogP contribution in [0, 0.1) is 12.7 Å². The molecule has 0 radical (unpaired) electrons. The van der Waals surface area contributed by atoms with Gasteiger partial charge in [0.05, 0.1) is 28.7 Å². The molecule has 148 valence electrons. The molecule has 0 aliphatic carbocycles. The van der Waals surface area contributed by atoms with E-state index in [-0.39, 0.29) is 23.1 Å². The first kappa shape index (κ1) is 18.9. The third-order valence-electron chi connectivity index (χ3n) is 5.17. The zero-order chi connectivity index (χ0) is 20.5. The van der Waals surface area contributed by atoms with Gasteiger partial charge in [-0.1, -0.05) is 0 Å². The Morgan fingerprint density at radius 1 is 1.21 bits per heavy atom. The predicted molar refractivity (Wildman–Crippen MR) is 105 cm³/mol. The molecule has 1 saturated heterocycles. The molecule has 29 heavy (non-hydrogen) atoms. The summed E-state index contributed by atoms with van der Waals surface area (Å²) in [4.78, 5) is 39.5. The van der Waals surface area contributed by atoms with Gasteiger partial charge in [0.25, 0.3) is 11.8 Å². The molecule has 8 heteroatoms. The number of halogens is 1. The molecule has 1 atom stereocenters. The summed E-state index contributed by atoms with van der Waals surface area (Å²) >= 11 is 0. The highest BCUT2D eigenvalue weighted by Crippen LogP contribution is 2.30. The monoisotopic (exact) mass is 393 g/mol. The second kappa shape index (κ2) is 7.54. The largest absolute Gasteiger partial charge is 0.366 e. The van der Waals surface area contributed by atoms with E-state index in [1.54, 1.807) is 30.2 Å². The van der Waals surface area contributed by atoms with Crippen molar-refractivity contribution in [3.8, 4) is 0 Å². The average molecular weight is 393 g/mol. The van der Waals surface area contributed by atoms with Crippen LogP contribution in [-0.4, -0.2) is 44.8 Å². The number of rotatable bonds is 3. The van der Waals surface area contributed by atoms with Crippen LogP contribution in [0.15, 0.2) is 36.7 Å². The zero-order valence-corrected chi connectivity index (χ0v) is 15.9. The van der Waals surface area contributed by atoms with Crippen molar-refractivity contribution in [3.63, 3.8) is 0 Å². The molecule has 3 heterocycles. The Morgan fingerprint density at radius 3 is 2.76 bits per heavy atom. The van der Waals surface area contributed by atoms with E-state index in [2.05, 4.69) is 15.0 Å². The number of nitrogens with zero attached hydrogens (tertiary/aromatic N) is 4. The maximum absolute atomic E-state index is 13.6. The molecule has 0 bridgehead atoms. The van der Waals surface area contributed by atoms with Gasteiger partial charge in [0.2, 0.25) is 0 Å². The molecular formula is C21H20FN5O2. The van der Waals surface area contributed by atoms with Gasteiger partial charge < -0.3 is 10.6 Å². The molecular weight excluding hydrogens is 373 g/mol. The van der Waals surface area contributed by atoms with E-state index >= 15 is 0 Å². The topological polar surface area (TPSA) is 102 Å². The Morgan fingerprint density at radius 2 is 2.03 bits per heavy atom. The Bertz CT molecular complexity index is 1100. The van der Waals surface area contributed by atoms with Gasteiger partial charge in [-0.3, -0.25) is 19.6 Å². The molecule has 3 aromatic rings. The molecule has 2 aromatic heterocycles. The third kappa shape index (κ3) is 3.78. The fourth-order valence-corrected chi connectivity index (χ4v) is 3.72. The van der Waals surface area contributed by atoms with Crippen molar-refractivity contribution >= 4 is 22.7 Å². The van der Waals surface area contributed by atoms with Gasteiger partial charge in [0.1, 0.15) is 11.5 Å². The highest BCUT2D eigenvalue weighted by atomic mass is 19.1. The first-order valence-corrected chi connectivity index (χ1v) is 9.40. The highest BCUT2D eigenvalue weighted by molar-refractivity contribution is 5.98. The number of piperidine rings is 1. The summed E-state index contributed by atoms with van der Waals surface area (Å²) < 4.78 is 13.6. The van der Waals surface area contributed by atoms with E-state index in [1.807, 2.05) is 0 Å². The van der Waals surface area contributed by atoms with Crippen LogP contribution in [0.3, 0.4) is 0 Å². The van der Waals surface area contributed by atoms with Gasteiger partial charge in [-0.2, -0.15) is 0 Å². The standard InChI is InChI=1S/C21H20FN5O2/c1-12-9-25-18(10-24-12)21(29)27-6-2-3-13(11-27)19-16(20(23)28)8-14-7-15(22)4-5-17(14)26-19/h4-5,7-10,13H,2-3,6,11H2,1H3,(H2,23,28). The first-order chi connectivity index (χ1) is 13.9. The summed E-state index contributed by atoms with van der Waals surface area (Å²) in [5, 5.41) is 0.515. The number of hydrogen-bond donors (Lipinski definition) is 1. The molecule has 0 saturated carbocycles. The summed E-state index contributed by atoms with van der Waals surface area (Å²) in [5.41, 5.74) is 7.99. The Hall–Kier alpha value is -3.42. The fourth-order valence-electron chi connectivity index (χ4n) is 3.72. The van der Waals surface area contributed by atoms with Crippen LogP contribution in [-0.2, 0) is 0 Å². The molecule has 1 aromatic carbocycles. The van der Waals surface area contributed by atoms with Crippen molar-refractivity contribution in [3.05, 3.63) is 65.1 Å². The molecule has 1 unspecified atom stereocenters. The SMILES string of the molecule is Cc1cnc(C(=O)N2CCCC(c3nc4ccc(F)cc4cc3C(N)=O)C2)cn1. The number of hydrogen-bond acceptors (Lipinski definition) is 5. The number of amides is 2. The zero-order valence-electron chi connectivity index (χ0n) is 15.9. The van der Waals surface area contributed by atoms with E-state index in [1.165, 1.54) is 18.3 Å². The van der Waals surface area contributed by atoms with E-state index in [4.69, 9.17) is 5.73 Å². The molecule has 0 spiro atoms. The normalized spacial score (nSPS) is 16.8. The summed E-state index contributed by atoms with van der Waals surface area (Å²) in [6, 6.07) is 5.81. The minimum absolute atomic E-state index is 0.150. The Kier molecular flexibility index (Phi) is 4.92. The molecule has 7 nitrogen and oxygen atoms in total. The summed E-state index contributed by atoms with van der Waals surface area (Å²) in [6.07, 6.45) is 4.56. The summed E-state index contributed by atoms with van der Waals surface area (Å²) in [7, 11) is 0. The maximum Gasteiger partial charge on any atom is 0.274 e. The van der Waals surface area contributed by atoms with Crippen molar-refractivity contribution in [1.82, 2.24) is 19.9 Å². The number of likely N-dealkylation sites (tertiary alicyclic amines) is 1. The van der Waals surface area contributed by atoms with Crippen molar-refractivity contribution in [2.75, 3.05) is 13.1 Å². The van der Waals surface area contributed by atoms with Crippen LogP contribution >= 0.6 is 0 Å². The fraction of sp³-hybridized carbons (Fsp3) is 0.286. The lowest BCUT2D eigenvalue weighted by Gasteiger charge is -2.33. The molecule has 4 rings (SSSR count). The maximum atomic E-state index is 13.6. The van der Waals surface area contributed by atoms with Crippen LogP contribution < -0.4 is 5.73 Å². The second-order valence-corrected chi connectivity index (χ2v) is 7.26. The van der Waals surface area contributed by atoms with Crippen molar-refractivity contribution in [2.45, 2.75) is 25.7 Å². The van der Waals surface area contributed by atoms with Gasteiger partial charge >= 0.3 is 0 Å². The number of carbonyl (C=O) groups excluding carboxylic acids is 2. The van der Waals surface area contributed by atoms with E-state index in [0.29, 0.717) is 29.7 Å². The number of carbonyl (C=O) groups is 2. The van der Waals surface area contributed by atoms with Crippen molar-refractivity contribution < 1.29 is 14.0 Å². The Labute approximate surface area is 166 Å². The number of aryl methyl sites for hydroxylation is 1. The van der Waals surface area contributed by atoms with Crippen LogP contribution in [0.25, 0.3) is 10.9 Å². The van der Waals surface area contributed by atoms with Crippen LogP contribution in [0.2, 0.25) is 0 Å². The summed E-state index contributed by atoms with van der Waals surface area (Å²) in [6.45, 7) is 2.80. The number of primary amides is 1. The number of nitrogens with two attached hydrogens (primary N) is 1. The second-order valence-electron chi connectivity index (χ2n) is 7.26. The van der Waals surface area contributed by atoms with Gasteiger partial charge in [0, 0.05) is 30.6 Å². The van der Waals surface area contributed by atoms with E-state index in [0.717, 1.165) is 18.5 Å². The number of benzene rings is 1. The first-order valence-electron chi connectivity index (χ1n) is 9.40. The van der Waals surface area contributed by atoms with Gasteiger partial charge in [-0.25, -0.2) is 9.37 Å². The van der Waals surface area contributed by atoms with Gasteiger partial charge in [-0.15, -0.1) is 0 Å². The van der Waals surface area contributed by atoms with Crippen molar-refractivity contribution in [2.24, 2.45) is 5.73 Å². The Balaban J connectivity index is 1.67. The van der Waals surface area contributed by atoms with Crippen LogP contribution in [0.1, 0.15) is 51.0 Å². The molecule has 2 amide bonds. The lowest BCUT2D eigenvalue weighted by atomic mass is 9.90. The number of fused-ring (bicyclic) bond motifs is 1. The van der Waals surface area contributed by atoms with E-state index in [9.17, 15) is 14.0 Å². The number of pyridine rings is 1. The van der Waals surface area contributed by atoms with Crippen LogP contribution in [0.4, 0.5) is 4.39 Å². The van der Waals surface area contributed by atoms with Crippen molar-refractivity contribution in [1.29, 1.82) is 0 Å². The third-order valence-corrected chi connectivity index (χ3v) is 5.17. The quantitative estimate of drug-likeness (QED) is 0.737. The van der Waals surface area contributed by atoms with Gasteiger partial charge in [-0.05, 0) is 44.0 Å². The minimum Gasteiger partial charge on any atom is -0.366 e. The average Bonchev–Trinajstić information content (AvgIpc) is 2.73. The molecule has 1 aliphatic rings. The number of aromatic nitrogens is 3. The van der Waals surface area contributed by atoms with E-state index < -0.39 is 11.7 Å². The summed E-state index contributed by atoms with van der Waals surface area (Å²) in [5.74, 6) is -1.38. The smallest absolute Gasteiger partial charge is 0.274 e. The molecule has 1 aliphatic heterocycles.